The molecule has 3 heterocycles. The second-order valence-corrected chi connectivity index (χ2v) is 9.63. The minimum absolute atomic E-state index is 0.284. The lowest BCUT2D eigenvalue weighted by Crippen LogP contribution is -2.46. The highest BCUT2D eigenvalue weighted by Crippen LogP contribution is 2.48. The number of aromatic nitrogens is 2. The van der Waals surface area contributed by atoms with E-state index in [1.165, 1.54) is 12.1 Å². The van der Waals surface area contributed by atoms with Crippen LogP contribution in [0.3, 0.4) is 0 Å². The Morgan fingerprint density at radius 1 is 0.825 bits per heavy atom. The summed E-state index contributed by atoms with van der Waals surface area (Å²) in [6.07, 6.45) is 0. The number of benzene rings is 4. The van der Waals surface area contributed by atoms with Gasteiger partial charge in [0.2, 0.25) is 0 Å². The zero-order chi connectivity index (χ0) is 27.2. The molecule has 196 valence electrons. The van der Waals surface area contributed by atoms with Crippen LogP contribution in [0.1, 0.15) is 22.9 Å². The van der Waals surface area contributed by atoms with Crippen LogP contribution in [-0.4, -0.2) is 28.6 Å². The second kappa shape index (κ2) is 9.50. The number of ether oxygens (including phenoxy) is 1. The monoisotopic (exact) mass is 528 g/mol. The van der Waals surface area contributed by atoms with Crippen molar-refractivity contribution in [2.24, 2.45) is 9.98 Å². The third-order valence-corrected chi connectivity index (χ3v) is 7.18. The minimum Gasteiger partial charge on any atom is -0.497 e. The normalized spacial score (nSPS) is 15.4. The fourth-order valence-corrected chi connectivity index (χ4v) is 5.32. The molecule has 2 aliphatic rings. The van der Waals surface area contributed by atoms with Crippen molar-refractivity contribution >= 4 is 34.6 Å². The summed E-state index contributed by atoms with van der Waals surface area (Å²) in [5, 5.41) is 8.42. The predicted molar refractivity (Wildman–Crippen MR) is 156 cm³/mol. The number of amidine groups is 2. The summed E-state index contributed by atoms with van der Waals surface area (Å²) in [5.74, 6) is 2.44. The first-order chi connectivity index (χ1) is 19.6. The van der Waals surface area contributed by atoms with Crippen LogP contribution in [0.2, 0.25) is 0 Å². The lowest BCUT2D eigenvalue weighted by molar-refractivity contribution is 0.415. The van der Waals surface area contributed by atoms with Crippen molar-refractivity contribution in [2.75, 3.05) is 17.3 Å². The number of methoxy groups -OCH3 is 1. The van der Waals surface area contributed by atoms with Crippen LogP contribution in [-0.2, 0) is 0 Å². The number of fused-ring (bicyclic) bond motifs is 4. The number of aryl methyl sites for hydroxylation is 1. The van der Waals surface area contributed by atoms with Crippen molar-refractivity contribution in [1.82, 2.24) is 9.78 Å². The van der Waals surface area contributed by atoms with Gasteiger partial charge in [-0.15, -0.1) is 0 Å². The van der Waals surface area contributed by atoms with Crippen molar-refractivity contribution in [3.8, 4) is 11.4 Å². The molecule has 7 nitrogen and oxygen atoms in total. The summed E-state index contributed by atoms with van der Waals surface area (Å²) < 4.78 is 21.3. The largest absolute Gasteiger partial charge is 0.497 e. The van der Waals surface area contributed by atoms with Gasteiger partial charge < -0.3 is 15.0 Å². The van der Waals surface area contributed by atoms with E-state index in [1.807, 2.05) is 103 Å². The van der Waals surface area contributed by atoms with Gasteiger partial charge in [-0.2, -0.15) is 5.10 Å². The van der Waals surface area contributed by atoms with Crippen molar-refractivity contribution in [2.45, 2.75) is 13.0 Å². The van der Waals surface area contributed by atoms with Crippen LogP contribution in [0.4, 0.5) is 27.3 Å². The SMILES string of the molecule is COc1ccc(NC2=Nc3ccccc3N3C2=Nc2c(c(C)nn2-c2ccccc2)[C@@H]3c2ccc(F)cc2)cc1. The summed E-state index contributed by atoms with van der Waals surface area (Å²) in [7, 11) is 1.64. The molecule has 0 saturated carbocycles. The van der Waals surface area contributed by atoms with Gasteiger partial charge in [-0.25, -0.2) is 19.1 Å². The molecule has 5 aromatic rings. The lowest BCUT2D eigenvalue weighted by Gasteiger charge is -2.40. The van der Waals surface area contributed by atoms with E-state index in [2.05, 4.69) is 10.2 Å². The maximum atomic E-state index is 14.1. The van der Waals surface area contributed by atoms with Gasteiger partial charge in [0, 0.05) is 11.3 Å². The standard InChI is InChI=1S/C32H25FN6O/c1-20-28-29(21-12-14-22(33)15-13-21)38-27-11-7-6-10-26(27)35-30(34-23-16-18-25(40-2)19-17-23)32(38)36-31(28)39(37-20)24-8-4-3-5-9-24/h3-19,29H,1-2H3,(H,34,35)/t29-/m0/s1. The molecule has 1 N–H and O–H groups in total. The van der Waals surface area contributed by atoms with Crippen LogP contribution in [0, 0.1) is 12.7 Å². The van der Waals surface area contributed by atoms with Gasteiger partial charge >= 0.3 is 0 Å². The van der Waals surface area contributed by atoms with E-state index >= 15 is 0 Å². The zero-order valence-corrected chi connectivity index (χ0v) is 21.9. The molecule has 4 aromatic carbocycles. The van der Waals surface area contributed by atoms with E-state index in [0.29, 0.717) is 17.5 Å². The molecule has 0 amide bonds. The average molecular weight is 529 g/mol. The molecule has 0 aliphatic carbocycles. The van der Waals surface area contributed by atoms with E-state index in [1.54, 1.807) is 7.11 Å². The number of para-hydroxylation sites is 3. The Morgan fingerprint density at radius 3 is 2.30 bits per heavy atom. The first kappa shape index (κ1) is 23.8. The molecule has 0 saturated heterocycles. The highest BCUT2D eigenvalue weighted by atomic mass is 19.1. The molecular weight excluding hydrogens is 503 g/mol. The second-order valence-electron chi connectivity index (χ2n) is 9.63. The quantitative estimate of drug-likeness (QED) is 0.270. The summed E-state index contributed by atoms with van der Waals surface area (Å²) in [6, 6.07) is 31.9. The summed E-state index contributed by atoms with van der Waals surface area (Å²) >= 11 is 0. The highest BCUT2D eigenvalue weighted by Gasteiger charge is 2.41. The fourth-order valence-electron chi connectivity index (χ4n) is 5.32. The van der Waals surface area contributed by atoms with Crippen molar-refractivity contribution in [3.63, 3.8) is 0 Å². The Hall–Kier alpha value is -5.24. The fraction of sp³-hybridized carbons (Fsp3) is 0.0938. The first-order valence-electron chi connectivity index (χ1n) is 13.0. The number of nitrogens with zero attached hydrogens (tertiary/aromatic N) is 5. The van der Waals surface area contributed by atoms with Crippen molar-refractivity contribution < 1.29 is 9.13 Å². The smallest absolute Gasteiger partial charge is 0.179 e. The van der Waals surface area contributed by atoms with E-state index in [4.69, 9.17) is 19.8 Å². The molecule has 0 spiro atoms. The molecule has 7 rings (SSSR count). The molecule has 0 fully saturated rings. The topological polar surface area (TPSA) is 67.0 Å². The molecule has 0 bridgehead atoms. The van der Waals surface area contributed by atoms with Gasteiger partial charge in [0.1, 0.15) is 11.6 Å². The Balaban J connectivity index is 1.47. The number of aliphatic imine (C=N–C) groups is 2. The van der Waals surface area contributed by atoms with Crippen LogP contribution in [0.5, 0.6) is 5.75 Å². The first-order valence-corrected chi connectivity index (χ1v) is 13.0. The third-order valence-electron chi connectivity index (χ3n) is 7.18. The highest BCUT2D eigenvalue weighted by molar-refractivity contribution is 6.51. The maximum absolute atomic E-state index is 14.1. The van der Waals surface area contributed by atoms with Gasteiger partial charge in [-0.3, -0.25) is 0 Å². The van der Waals surface area contributed by atoms with Crippen LogP contribution in [0.25, 0.3) is 5.69 Å². The van der Waals surface area contributed by atoms with Crippen LogP contribution >= 0.6 is 0 Å². The maximum Gasteiger partial charge on any atom is 0.179 e. The molecular formula is C32H25FN6O. The third kappa shape index (κ3) is 3.92. The van der Waals surface area contributed by atoms with Gasteiger partial charge in [0.25, 0.3) is 0 Å². The Morgan fingerprint density at radius 2 is 1.55 bits per heavy atom. The summed E-state index contributed by atoms with van der Waals surface area (Å²) in [5.41, 5.74) is 6.19. The average Bonchev–Trinajstić information content (AvgIpc) is 3.33. The van der Waals surface area contributed by atoms with E-state index in [9.17, 15) is 4.39 Å². The molecule has 8 heteroatoms. The Bertz CT molecular complexity index is 1780. The summed E-state index contributed by atoms with van der Waals surface area (Å²) in [4.78, 5) is 12.4. The zero-order valence-electron chi connectivity index (χ0n) is 21.9. The number of hydrogen-bond donors (Lipinski definition) is 1. The summed E-state index contributed by atoms with van der Waals surface area (Å²) in [6.45, 7) is 2.00. The van der Waals surface area contributed by atoms with Gasteiger partial charge in [0.05, 0.1) is 35.9 Å². The number of rotatable bonds is 4. The molecule has 2 aliphatic heterocycles. The van der Waals surface area contributed by atoms with Gasteiger partial charge in [-0.05, 0) is 73.2 Å². The molecule has 40 heavy (non-hydrogen) atoms. The minimum atomic E-state index is -0.315. The van der Waals surface area contributed by atoms with Gasteiger partial charge in [-0.1, -0.05) is 42.5 Å². The molecule has 1 aromatic heterocycles. The lowest BCUT2D eigenvalue weighted by atomic mass is 9.93. The van der Waals surface area contributed by atoms with Crippen molar-refractivity contribution in [1.29, 1.82) is 0 Å². The Labute approximate surface area is 230 Å². The number of halogens is 1. The van der Waals surface area contributed by atoms with Crippen LogP contribution in [0.15, 0.2) is 113 Å². The van der Waals surface area contributed by atoms with E-state index in [-0.39, 0.29) is 11.9 Å². The Kier molecular flexibility index (Phi) is 5.66. The van der Waals surface area contributed by atoms with Gasteiger partial charge in [0.15, 0.2) is 17.5 Å². The number of nitrogens with one attached hydrogen (secondary N) is 1. The van der Waals surface area contributed by atoms with E-state index in [0.717, 1.165) is 45.3 Å². The van der Waals surface area contributed by atoms with E-state index < -0.39 is 0 Å². The van der Waals surface area contributed by atoms with Crippen molar-refractivity contribution in [3.05, 3.63) is 126 Å². The number of hydrogen-bond acceptors (Lipinski definition) is 6. The van der Waals surface area contributed by atoms with Crippen LogP contribution < -0.4 is 15.0 Å². The predicted octanol–water partition coefficient (Wildman–Crippen LogP) is 7.12. The number of anilines is 2. The molecule has 0 radical (unpaired) electrons. The molecule has 0 unspecified atom stereocenters. The molecule has 1 atom stereocenters.